The predicted octanol–water partition coefficient (Wildman–Crippen LogP) is 5.26. The van der Waals surface area contributed by atoms with Gasteiger partial charge in [-0.3, -0.25) is 9.59 Å². The van der Waals surface area contributed by atoms with Gasteiger partial charge in [-0.05, 0) is 46.7 Å². The Kier molecular flexibility index (Phi) is 6.28. The Hall–Kier alpha value is -4.38. The summed E-state index contributed by atoms with van der Waals surface area (Å²) in [5.74, 6) is -0.426. The zero-order chi connectivity index (χ0) is 22.3. The number of nitrogens with one attached hydrogen (secondary N) is 2. The molecule has 158 valence electrons. The minimum absolute atomic E-state index is 0.125. The van der Waals surface area contributed by atoms with E-state index < -0.39 is 11.8 Å². The van der Waals surface area contributed by atoms with Gasteiger partial charge in [0.05, 0.1) is 12.7 Å². The second-order valence-electron chi connectivity index (χ2n) is 7.14. The molecule has 0 bridgehead atoms. The topological polar surface area (TPSA) is 67.4 Å². The maximum Gasteiger partial charge on any atom is 0.272 e. The fourth-order valence-corrected chi connectivity index (χ4v) is 3.36. The van der Waals surface area contributed by atoms with Crippen molar-refractivity contribution in [3.8, 4) is 5.75 Å². The second-order valence-corrected chi connectivity index (χ2v) is 7.14. The molecule has 0 spiro atoms. The molecule has 0 aliphatic carbocycles. The van der Waals surface area contributed by atoms with Crippen molar-refractivity contribution in [1.82, 2.24) is 5.32 Å². The molecule has 0 saturated carbocycles. The first-order chi connectivity index (χ1) is 15.6. The van der Waals surface area contributed by atoms with Crippen LogP contribution in [0.1, 0.15) is 15.9 Å². The van der Waals surface area contributed by atoms with Crippen LogP contribution >= 0.6 is 0 Å². The third kappa shape index (κ3) is 4.84. The van der Waals surface area contributed by atoms with Gasteiger partial charge in [-0.15, -0.1) is 0 Å². The lowest BCUT2D eigenvalue weighted by Crippen LogP contribution is -2.31. The molecule has 4 aromatic rings. The number of rotatable bonds is 6. The lowest BCUT2D eigenvalue weighted by Gasteiger charge is -2.13. The minimum Gasteiger partial charge on any atom is -0.496 e. The summed E-state index contributed by atoms with van der Waals surface area (Å²) in [6.45, 7) is 0. The molecular weight excluding hydrogens is 400 g/mol. The summed E-state index contributed by atoms with van der Waals surface area (Å²) >= 11 is 0. The van der Waals surface area contributed by atoms with Gasteiger partial charge in [0.2, 0.25) is 0 Å². The quantitative estimate of drug-likeness (QED) is 0.417. The van der Waals surface area contributed by atoms with Crippen LogP contribution in [0.5, 0.6) is 5.75 Å². The second kappa shape index (κ2) is 9.62. The monoisotopic (exact) mass is 422 g/mol. The minimum atomic E-state index is -0.432. The number of carbonyl (C=O) groups is 2. The van der Waals surface area contributed by atoms with Gasteiger partial charge in [0, 0.05) is 5.69 Å². The number of para-hydroxylation sites is 1. The van der Waals surface area contributed by atoms with Gasteiger partial charge in [-0.2, -0.15) is 0 Å². The molecule has 4 aromatic carbocycles. The van der Waals surface area contributed by atoms with Crippen LogP contribution in [0.25, 0.3) is 16.8 Å². The Bertz CT molecular complexity index is 1300. The maximum absolute atomic E-state index is 13.1. The summed E-state index contributed by atoms with van der Waals surface area (Å²) < 4.78 is 5.28. The van der Waals surface area contributed by atoms with Crippen molar-refractivity contribution < 1.29 is 14.3 Å². The number of benzene rings is 4. The van der Waals surface area contributed by atoms with Crippen molar-refractivity contribution in [3.05, 3.63) is 114 Å². The molecule has 0 unspecified atom stereocenters. The van der Waals surface area contributed by atoms with Crippen LogP contribution in [0.2, 0.25) is 0 Å². The van der Waals surface area contributed by atoms with E-state index in [0.717, 1.165) is 16.3 Å². The largest absolute Gasteiger partial charge is 0.496 e. The average molecular weight is 422 g/mol. The Morgan fingerprint density at radius 1 is 0.781 bits per heavy atom. The fraction of sp³-hybridized carbons (Fsp3) is 0.0370. The van der Waals surface area contributed by atoms with Crippen LogP contribution in [0.15, 0.2) is 103 Å². The van der Waals surface area contributed by atoms with Crippen molar-refractivity contribution >= 4 is 34.4 Å². The molecule has 0 radical (unpaired) electrons. The highest BCUT2D eigenvalue weighted by atomic mass is 16.5. The molecule has 2 N–H and O–H groups in total. The van der Waals surface area contributed by atoms with E-state index in [9.17, 15) is 9.59 Å². The molecule has 0 aromatic heterocycles. The van der Waals surface area contributed by atoms with Crippen molar-refractivity contribution in [2.45, 2.75) is 0 Å². The SMILES string of the molecule is COc1ccccc1C(=O)NC(=Cc1ccccc1)C(=O)Nc1ccc2ccccc2c1. The smallest absolute Gasteiger partial charge is 0.272 e. The van der Waals surface area contributed by atoms with Gasteiger partial charge in [0.25, 0.3) is 11.8 Å². The number of methoxy groups -OCH3 is 1. The van der Waals surface area contributed by atoms with Gasteiger partial charge < -0.3 is 15.4 Å². The molecule has 0 saturated heterocycles. The fourth-order valence-electron chi connectivity index (χ4n) is 3.36. The molecule has 0 aliphatic heterocycles. The third-order valence-corrected chi connectivity index (χ3v) is 4.96. The predicted molar refractivity (Wildman–Crippen MR) is 127 cm³/mol. The standard InChI is InChI=1S/C27H22N2O3/c1-32-25-14-8-7-13-23(25)26(30)29-24(17-19-9-3-2-4-10-19)27(31)28-22-16-15-20-11-5-6-12-21(20)18-22/h2-18H,1H3,(H,28,31)(H,29,30). The average Bonchev–Trinajstić information content (AvgIpc) is 2.84. The molecule has 2 amide bonds. The van der Waals surface area contributed by atoms with Crippen molar-refractivity contribution in [2.75, 3.05) is 12.4 Å². The van der Waals surface area contributed by atoms with Crippen LogP contribution in [0.3, 0.4) is 0 Å². The Morgan fingerprint density at radius 3 is 2.25 bits per heavy atom. The van der Waals surface area contributed by atoms with Gasteiger partial charge in [0.15, 0.2) is 0 Å². The van der Waals surface area contributed by atoms with Gasteiger partial charge in [-0.1, -0.05) is 72.8 Å². The normalized spacial score (nSPS) is 11.1. The van der Waals surface area contributed by atoms with E-state index in [1.807, 2.05) is 72.8 Å². The van der Waals surface area contributed by atoms with E-state index >= 15 is 0 Å². The first kappa shape index (κ1) is 20.9. The van der Waals surface area contributed by atoms with Crippen LogP contribution in [-0.4, -0.2) is 18.9 Å². The highest BCUT2D eigenvalue weighted by Crippen LogP contribution is 2.21. The number of amides is 2. The van der Waals surface area contributed by atoms with E-state index in [-0.39, 0.29) is 5.70 Å². The van der Waals surface area contributed by atoms with Crippen molar-refractivity contribution in [2.24, 2.45) is 0 Å². The molecule has 0 aliphatic rings. The highest BCUT2D eigenvalue weighted by molar-refractivity contribution is 6.11. The Labute approximate surface area is 186 Å². The first-order valence-corrected chi connectivity index (χ1v) is 10.2. The highest BCUT2D eigenvalue weighted by Gasteiger charge is 2.17. The van der Waals surface area contributed by atoms with Crippen LogP contribution in [0.4, 0.5) is 5.69 Å². The number of hydrogen-bond acceptors (Lipinski definition) is 3. The number of hydrogen-bond donors (Lipinski definition) is 2. The number of carbonyl (C=O) groups excluding carboxylic acids is 2. The molecule has 5 nitrogen and oxygen atoms in total. The van der Waals surface area contributed by atoms with Gasteiger partial charge in [0.1, 0.15) is 11.4 Å². The molecule has 5 heteroatoms. The summed E-state index contributed by atoms with van der Waals surface area (Å²) in [6, 6.07) is 29.8. The number of fused-ring (bicyclic) bond motifs is 1. The lowest BCUT2D eigenvalue weighted by atomic mass is 10.1. The molecule has 0 heterocycles. The van der Waals surface area contributed by atoms with E-state index in [2.05, 4.69) is 10.6 Å². The summed E-state index contributed by atoms with van der Waals surface area (Å²) in [6.07, 6.45) is 1.64. The number of ether oxygens (including phenoxy) is 1. The molecular formula is C27H22N2O3. The molecule has 4 rings (SSSR count). The van der Waals surface area contributed by atoms with E-state index in [0.29, 0.717) is 17.0 Å². The van der Waals surface area contributed by atoms with Crippen molar-refractivity contribution in [1.29, 1.82) is 0 Å². The van der Waals surface area contributed by atoms with E-state index in [1.165, 1.54) is 7.11 Å². The van der Waals surface area contributed by atoms with E-state index in [4.69, 9.17) is 4.74 Å². The zero-order valence-electron chi connectivity index (χ0n) is 17.5. The first-order valence-electron chi connectivity index (χ1n) is 10.2. The number of anilines is 1. The van der Waals surface area contributed by atoms with Gasteiger partial charge in [-0.25, -0.2) is 0 Å². The van der Waals surface area contributed by atoms with Crippen LogP contribution in [0, 0.1) is 0 Å². The maximum atomic E-state index is 13.1. The van der Waals surface area contributed by atoms with E-state index in [1.54, 1.807) is 30.3 Å². The van der Waals surface area contributed by atoms with Crippen molar-refractivity contribution in [3.63, 3.8) is 0 Å². The molecule has 0 atom stereocenters. The van der Waals surface area contributed by atoms with Gasteiger partial charge >= 0.3 is 0 Å². The Balaban J connectivity index is 1.63. The zero-order valence-corrected chi connectivity index (χ0v) is 17.5. The third-order valence-electron chi connectivity index (χ3n) is 4.96. The van der Waals surface area contributed by atoms with Crippen LogP contribution in [-0.2, 0) is 4.79 Å². The summed E-state index contributed by atoms with van der Waals surface area (Å²) in [4.78, 5) is 26.1. The Morgan fingerprint density at radius 2 is 1.47 bits per heavy atom. The summed E-state index contributed by atoms with van der Waals surface area (Å²) in [5.41, 5.74) is 1.89. The summed E-state index contributed by atoms with van der Waals surface area (Å²) in [5, 5.41) is 7.72. The lowest BCUT2D eigenvalue weighted by molar-refractivity contribution is -0.113. The molecule has 0 fully saturated rings. The summed E-state index contributed by atoms with van der Waals surface area (Å²) in [7, 11) is 1.50. The van der Waals surface area contributed by atoms with Crippen LogP contribution < -0.4 is 15.4 Å². The molecule has 32 heavy (non-hydrogen) atoms.